The van der Waals surface area contributed by atoms with Gasteiger partial charge in [-0.05, 0) is 24.6 Å². The Morgan fingerprint density at radius 3 is 2.79 bits per heavy atom. The first-order valence-corrected chi connectivity index (χ1v) is 8.50. The SMILES string of the molecule is CCCSCC(Cc1ncnn1CC(C)C)NCC. The summed E-state index contributed by atoms with van der Waals surface area (Å²) in [5, 5.41) is 7.90. The van der Waals surface area contributed by atoms with E-state index in [1.165, 1.54) is 12.2 Å². The second-order valence-corrected chi connectivity index (χ2v) is 6.44. The van der Waals surface area contributed by atoms with E-state index >= 15 is 0 Å². The molecule has 5 heteroatoms. The molecule has 0 saturated carbocycles. The van der Waals surface area contributed by atoms with Crippen LogP contribution >= 0.6 is 11.8 Å². The number of hydrogen-bond acceptors (Lipinski definition) is 4. The van der Waals surface area contributed by atoms with Gasteiger partial charge in [0.05, 0.1) is 0 Å². The number of rotatable bonds is 10. The molecule has 1 aromatic rings. The Bertz CT molecular complexity index is 338. The molecule has 0 aliphatic heterocycles. The Labute approximate surface area is 121 Å². The van der Waals surface area contributed by atoms with Gasteiger partial charge in [0.2, 0.25) is 0 Å². The minimum Gasteiger partial charge on any atom is -0.313 e. The van der Waals surface area contributed by atoms with Gasteiger partial charge in [0.15, 0.2) is 0 Å². The fourth-order valence-corrected chi connectivity index (χ4v) is 2.99. The standard InChI is InChI=1S/C14H28N4S/c1-5-7-19-10-13(15-6-2)8-14-16-11-17-18(14)9-12(3)4/h11-13,15H,5-10H2,1-4H3. The topological polar surface area (TPSA) is 42.7 Å². The van der Waals surface area contributed by atoms with E-state index in [1.54, 1.807) is 6.33 Å². The van der Waals surface area contributed by atoms with Gasteiger partial charge in [0.25, 0.3) is 0 Å². The van der Waals surface area contributed by atoms with Gasteiger partial charge in [-0.3, -0.25) is 0 Å². The summed E-state index contributed by atoms with van der Waals surface area (Å²) < 4.78 is 2.06. The molecule has 1 N–H and O–H groups in total. The molecule has 0 fully saturated rings. The van der Waals surface area contributed by atoms with Gasteiger partial charge < -0.3 is 5.32 Å². The molecule has 4 nitrogen and oxygen atoms in total. The maximum Gasteiger partial charge on any atom is 0.138 e. The van der Waals surface area contributed by atoms with Gasteiger partial charge in [-0.15, -0.1) is 0 Å². The van der Waals surface area contributed by atoms with E-state index in [-0.39, 0.29) is 0 Å². The highest BCUT2D eigenvalue weighted by Gasteiger charge is 2.13. The predicted molar refractivity (Wildman–Crippen MR) is 83.6 cm³/mol. The fourth-order valence-electron chi connectivity index (χ4n) is 2.01. The van der Waals surface area contributed by atoms with E-state index < -0.39 is 0 Å². The van der Waals surface area contributed by atoms with Gasteiger partial charge in [-0.1, -0.05) is 27.7 Å². The summed E-state index contributed by atoms with van der Waals surface area (Å²) in [6.07, 6.45) is 3.89. The third-order valence-electron chi connectivity index (χ3n) is 2.82. The van der Waals surface area contributed by atoms with Crippen LogP contribution in [0.2, 0.25) is 0 Å². The van der Waals surface area contributed by atoms with Crippen molar-refractivity contribution in [2.75, 3.05) is 18.1 Å². The van der Waals surface area contributed by atoms with Crippen molar-refractivity contribution >= 4 is 11.8 Å². The second kappa shape index (κ2) is 9.37. The van der Waals surface area contributed by atoms with Gasteiger partial charge in [0.1, 0.15) is 12.2 Å². The molecular formula is C14H28N4S. The van der Waals surface area contributed by atoms with E-state index in [4.69, 9.17) is 0 Å². The zero-order valence-corrected chi connectivity index (χ0v) is 13.5. The monoisotopic (exact) mass is 284 g/mol. The molecule has 1 heterocycles. The molecule has 1 atom stereocenters. The summed E-state index contributed by atoms with van der Waals surface area (Å²) in [6.45, 7) is 10.8. The lowest BCUT2D eigenvalue weighted by molar-refractivity contribution is 0.451. The van der Waals surface area contributed by atoms with E-state index in [0.29, 0.717) is 12.0 Å². The molecule has 0 radical (unpaired) electrons. The van der Waals surface area contributed by atoms with Crippen LogP contribution in [0.15, 0.2) is 6.33 Å². The lowest BCUT2D eigenvalue weighted by Crippen LogP contribution is -2.34. The van der Waals surface area contributed by atoms with Crippen LogP contribution in [-0.2, 0) is 13.0 Å². The fraction of sp³-hybridized carbons (Fsp3) is 0.857. The number of thioether (sulfide) groups is 1. The third kappa shape index (κ3) is 6.43. The summed E-state index contributed by atoms with van der Waals surface area (Å²) in [5.74, 6) is 4.10. The van der Waals surface area contributed by atoms with Crippen molar-refractivity contribution in [3.05, 3.63) is 12.2 Å². The Morgan fingerprint density at radius 1 is 1.37 bits per heavy atom. The summed E-state index contributed by atoms with van der Waals surface area (Å²) in [5.41, 5.74) is 0. The first kappa shape index (κ1) is 16.5. The first-order chi connectivity index (χ1) is 9.17. The highest BCUT2D eigenvalue weighted by molar-refractivity contribution is 7.99. The van der Waals surface area contributed by atoms with Crippen molar-refractivity contribution in [1.82, 2.24) is 20.1 Å². The third-order valence-corrected chi connectivity index (χ3v) is 4.16. The zero-order chi connectivity index (χ0) is 14.1. The van der Waals surface area contributed by atoms with Gasteiger partial charge >= 0.3 is 0 Å². The van der Waals surface area contributed by atoms with Crippen LogP contribution in [0.25, 0.3) is 0 Å². The predicted octanol–water partition coefficient (Wildman–Crippen LogP) is 2.60. The first-order valence-electron chi connectivity index (χ1n) is 7.35. The van der Waals surface area contributed by atoms with Crippen LogP contribution < -0.4 is 5.32 Å². The quantitative estimate of drug-likeness (QED) is 0.671. The second-order valence-electron chi connectivity index (χ2n) is 5.29. The van der Waals surface area contributed by atoms with Crippen molar-refractivity contribution in [2.45, 2.75) is 53.1 Å². The Kier molecular flexibility index (Phi) is 8.14. The number of likely N-dealkylation sites (N-methyl/N-ethyl adjacent to an activating group) is 1. The van der Waals surface area contributed by atoms with Gasteiger partial charge in [-0.25, -0.2) is 9.67 Å². The van der Waals surface area contributed by atoms with Gasteiger partial charge in [0, 0.05) is 24.8 Å². The Morgan fingerprint density at radius 2 is 2.16 bits per heavy atom. The number of hydrogen-bond donors (Lipinski definition) is 1. The van der Waals surface area contributed by atoms with Crippen molar-refractivity contribution in [2.24, 2.45) is 5.92 Å². The van der Waals surface area contributed by atoms with Crippen molar-refractivity contribution in [3.8, 4) is 0 Å². The molecule has 1 aromatic heterocycles. The Balaban J connectivity index is 2.54. The van der Waals surface area contributed by atoms with E-state index in [0.717, 1.165) is 31.1 Å². The van der Waals surface area contributed by atoms with Crippen LogP contribution in [0.4, 0.5) is 0 Å². The molecule has 0 bridgehead atoms. The summed E-state index contributed by atoms with van der Waals surface area (Å²) >= 11 is 2.02. The van der Waals surface area contributed by atoms with Crippen LogP contribution in [0.5, 0.6) is 0 Å². The molecule has 0 aromatic carbocycles. The average molecular weight is 284 g/mol. The zero-order valence-electron chi connectivity index (χ0n) is 12.7. The van der Waals surface area contributed by atoms with E-state index in [2.05, 4.69) is 47.8 Å². The number of nitrogens with zero attached hydrogens (tertiary/aromatic N) is 3. The maximum atomic E-state index is 4.42. The van der Waals surface area contributed by atoms with Crippen LogP contribution in [0.3, 0.4) is 0 Å². The summed E-state index contributed by atoms with van der Waals surface area (Å²) in [7, 11) is 0. The van der Waals surface area contributed by atoms with Crippen molar-refractivity contribution < 1.29 is 0 Å². The summed E-state index contributed by atoms with van der Waals surface area (Å²) in [4.78, 5) is 4.42. The molecule has 1 unspecified atom stereocenters. The molecule has 0 aliphatic carbocycles. The van der Waals surface area contributed by atoms with E-state index in [1.807, 2.05) is 11.8 Å². The average Bonchev–Trinajstić information content (AvgIpc) is 2.76. The highest BCUT2D eigenvalue weighted by Crippen LogP contribution is 2.10. The molecular weight excluding hydrogens is 256 g/mol. The smallest absolute Gasteiger partial charge is 0.138 e. The van der Waals surface area contributed by atoms with Crippen LogP contribution in [0, 0.1) is 5.92 Å². The van der Waals surface area contributed by atoms with Crippen molar-refractivity contribution in [3.63, 3.8) is 0 Å². The maximum absolute atomic E-state index is 4.42. The summed E-state index contributed by atoms with van der Waals surface area (Å²) in [6, 6.07) is 0.497. The molecule has 19 heavy (non-hydrogen) atoms. The lowest BCUT2D eigenvalue weighted by atomic mass is 10.2. The minimum atomic E-state index is 0.497. The molecule has 0 amide bonds. The largest absolute Gasteiger partial charge is 0.313 e. The van der Waals surface area contributed by atoms with Gasteiger partial charge in [-0.2, -0.15) is 16.9 Å². The molecule has 0 saturated heterocycles. The molecule has 0 spiro atoms. The van der Waals surface area contributed by atoms with Crippen LogP contribution in [-0.4, -0.2) is 38.9 Å². The molecule has 110 valence electrons. The highest BCUT2D eigenvalue weighted by atomic mass is 32.2. The van der Waals surface area contributed by atoms with Crippen LogP contribution in [0.1, 0.15) is 39.9 Å². The minimum absolute atomic E-state index is 0.497. The number of aromatic nitrogens is 3. The van der Waals surface area contributed by atoms with Crippen molar-refractivity contribution in [1.29, 1.82) is 0 Å². The molecule has 1 rings (SSSR count). The Hall–Kier alpha value is -0.550. The number of nitrogens with one attached hydrogen (secondary N) is 1. The molecule has 0 aliphatic rings. The normalized spacial score (nSPS) is 13.1. The van der Waals surface area contributed by atoms with E-state index in [9.17, 15) is 0 Å². The lowest BCUT2D eigenvalue weighted by Gasteiger charge is -2.18.